The Balaban J connectivity index is 1.90. The van der Waals surface area contributed by atoms with Crippen molar-refractivity contribution >= 4 is 21.6 Å². The summed E-state index contributed by atoms with van der Waals surface area (Å²) in [6.45, 7) is 0.860. The van der Waals surface area contributed by atoms with E-state index in [1.807, 2.05) is 0 Å². The van der Waals surface area contributed by atoms with Gasteiger partial charge in [0.05, 0.1) is 11.9 Å². The molecule has 26 heavy (non-hydrogen) atoms. The predicted octanol–water partition coefficient (Wildman–Crippen LogP) is 3.96. The average Bonchev–Trinajstić information content (AvgIpc) is 2.98. The minimum absolute atomic E-state index is 0.106. The van der Waals surface area contributed by atoms with E-state index in [1.54, 1.807) is 0 Å². The van der Waals surface area contributed by atoms with Crippen LogP contribution in [0.15, 0.2) is 30.7 Å². The molecular formula is C14H9BrF5N5O. The zero-order valence-electron chi connectivity index (χ0n) is 12.9. The zero-order chi connectivity index (χ0) is 19.1. The molecule has 0 spiro atoms. The maximum atomic E-state index is 13.5. The number of hydrogen-bond acceptors (Lipinski definition) is 5. The summed E-state index contributed by atoms with van der Waals surface area (Å²) < 4.78 is 70.2. The Morgan fingerprint density at radius 2 is 1.81 bits per heavy atom. The van der Waals surface area contributed by atoms with Crippen LogP contribution < -0.4 is 4.74 Å². The van der Waals surface area contributed by atoms with Crippen molar-refractivity contribution in [1.82, 2.24) is 24.6 Å². The molecule has 0 aliphatic carbocycles. The third kappa shape index (κ3) is 3.74. The van der Waals surface area contributed by atoms with E-state index in [2.05, 4.69) is 36.1 Å². The van der Waals surface area contributed by atoms with Crippen LogP contribution in [-0.2, 0) is 4.83 Å². The minimum atomic E-state index is -4.52. The minimum Gasteiger partial charge on any atom is -0.465 e. The molecule has 3 aromatic heterocycles. The lowest BCUT2D eigenvalue weighted by Crippen LogP contribution is -2.31. The van der Waals surface area contributed by atoms with Crippen LogP contribution in [0, 0.1) is 0 Å². The van der Waals surface area contributed by atoms with Crippen molar-refractivity contribution in [1.29, 1.82) is 0 Å². The first-order chi connectivity index (χ1) is 12.1. The van der Waals surface area contributed by atoms with Gasteiger partial charge in [-0.25, -0.2) is 4.98 Å². The molecule has 3 aromatic rings. The number of nitrogens with zero attached hydrogens (tertiary/aromatic N) is 5. The van der Waals surface area contributed by atoms with Crippen LogP contribution in [0.5, 0.6) is 5.88 Å². The number of fused-ring (bicyclic) bond motifs is 1. The number of rotatable bonds is 4. The van der Waals surface area contributed by atoms with Gasteiger partial charge in [-0.05, 0) is 28.9 Å². The van der Waals surface area contributed by atoms with Crippen molar-refractivity contribution in [3.05, 3.63) is 36.5 Å². The van der Waals surface area contributed by atoms with Gasteiger partial charge in [0, 0.05) is 24.0 Å². The Bertz CT molecular complexity index is 922. The quantitative estimate of drug-likeness (QED) is 0.456. The molecule has 0 aromatic carbocycles. The summed E-state index contributed by atoms with van der Waals surface area (Å²) in [5, 5.41) is 6.99. The summed E-state index contributed by atoms with van der Waals surface area (Å²) in [4.78, 5) is 4.45. The zero-order valence-corrected chi connectivity index (χ0v) is 14.5. The fraction of sp³-hybridized carbons (Fsp3) is 0.286. The van der Waals surface area contributed by atoms with Crippen LogP contribution in [-0.4, -0.2) is 36.8 Å². The van der Waals surface area contributed by atoms with Gasteiger partial charge in [0.15, 0.2) is 11.8 Å². The molecule has 0 N–H and O–H groups in total. The van der Waals surface area contributed by atoms with E-state index in [9.17, 15) is 22.0 Å². The molecular weight excluding hydrogens is 429 g/mol. The van der Waals surface area contributed by atoms with Crippen molar-refractivity contribution in [2.45, 2.75) is 24.0 Å². The Morgan fingerprint density at radius 3 is 2.38 bits per heavy atom. The van der Waals surface area contributed by atoms with Crippen molar-refractivity contribution in [2.24, 2.45) is 0 Å². The molecule has 0 bridgehead atoms. The number of pyridine rings is 1. The van der Waals surface area contributed by atoms with E-state index in [0.29, 0.717) is 5.56 Å². The Hall–Kier alpha value is -2.37. The van der Waals surface area contributed by atoms with Crippen LogP contribution >= 0.6 is 15.9 Å². The second-order valence-electron chi connectivity index (χ2n) is 5.21. The van der Waals surface area contributed by atoms with Crippen LogP contribution in [0.3, 0.4) is 0 Å². The fourth-order valence-electron chi connectivity index (χ4n) is 1.99. The summed E-state index contributed by atoms with van der Waals surface area (Å²) in [7, 11) is 0. The largest absolute Gasteiger partial charge is 0.465 e. The number of halogens is 6. The monoisotopic (exact) mass is 437 g/mol. The van der Waals surface area contributed by atoms with Crippen molar-refractivity contribution in [3.8, 4) is 17.1 Å². The Morgan fingerprint density at radius 1 is 1.08 bits per heavy atom. The number of hydrogen-bond donors (Lipinski definition) is 0. The second kappa shape index (κ2) is 6.41. The van der Waals surface area contributed by atoms with Crippen LogP contribution in [0.1, 0.15) is 12.7 Å². The Kier molecular flexibility index (Phi) is 4.54. The molecule has 0 saturated carbocycles. The van der Waals surface area contributed by atoms with E-state index in [1.165, 1.54) is 30.7 Å². The first kappa shape index (κ1) is 18.4. The highest BCUT2D eigenvalue weighted by atomic mass is 79.9. The van der Waals surface area contributed by atoms with Crippen LogP contribution in [0.2, 0.25) is 0 Å². The lowest BCUT2D eigenvalue weighted by molar-refractivity contribution is -0.189. The molecule has 12 heteroatoms. The van der Waals surface area contributed by atoms with Crippen molar-refractivity contribution in [2.75, 3.05) is 0 Å². The van der Waals surface area contributed by atoms with Gasteiger partial charge in [0.25, 0.3) is 0 Å². The molecule has 0 aliphatic rings. The van der Waals surface area contributed by atoms with E-state index >= 15 is 0 Å². The maximum Gasteiger partial charge on any atom is 0.425 e. The number of ether oxygens (including phenoxy) is 1. The normalized spacial score (nSPS) is 13.8. The highest BCUT2D eigenvalue weighted by Crippen LogP contribution is 2.33. The third-order valence-electron chi connectivity index (χ3n) is 3.34. The molecule has 0 amide bonds. The summed E-state index contributed by atoms with van der Waals surface area (Å²) in [5.74, 6) is -0.861. The lowest BCUT2D eigenvalue weighted by Gasteiger charge is -2.16. The van der Waals surface area contributed by atoms with Crippen molar-refractivity contribution < 1.29 is 26.7 Å². The SMILES string of the molecule is CC(Oc1ccc(-c2cn3c(C(F)(F)Br)nnc3cn2)cn1)C(F)(F)F. The van der Waals surface area contributed by atoms with E-state index in [4.69, 9.17) is 4.74 Å². The van der Waals surface area contributed by atoms with Gasteiger partial charge in [0.2, 0.25) is 11.7 Å². The van der Waals surface area contributed by atoms with Crippen LogP contribution in [0.25, 0.3) is 16.9 Å². The molecule has 0 saturated heterocycles. The van der Waals surface area contributed by atoms with Gasteiger partial charge < -0.3 is 4.74 Å². The van der Waals surface area contributed by atoms with Gasteiger partial charge in [-0.2, -0.15) is 22.0 Å². The van der Waals surface area contributed by atoms with Gasteiger partial charge in [-0.15, -0.1) is 10.2 Å². The molecule has 6 nitrogen and oxygen atoms in total. The van der Waals surface area contributed by atoms with Crippen LogP contribution in [0.4, 0.5) is 22.0 Å². The first-order valence-electron chi connectivity index (χ1n) is 7.03. The summed E-state index contributed by atoms with van der Waals surface area (Å²) in [6, 6.07) is 2.64. The van der Waals surface area contributed by atoms with Gasteiger partial charge >= 0.3 is 11.0 Å². The highest BCUT2D eigenvalue weighted by molar-refractivity contribution is 9.09. The summed E-state index contributed by atoms with van der Waals surface area (Å²) in [6.07, 6.45) is -2.80. The van der Waals surface area contributed by atoms with Gasteiger partial charge in [0.1, 0.15) is 0 Å². The molecule has 0 radical (unpaired) electrons. The summed E-state index contributed by atoms with van der Waals surface area (Å²) >= 11 is 2.22. The van der Waals surface area contributed by atoms with E-state index in [0.717, 1.165) is 11.3 Å². The lowest BCUT2D eigenvalue weighted by atomic mass is 10.2. The van der Waals surface area contributed by atoms with Gasteiger partial charge in [-0.1, -0.05) is 0 Å². The predicted molar refractivity (Wildman–Crippen MR) is 83.0 cm³/mol. The second-order valence-corrected chi connectivity index (χ2v) is 6.20. The van der Waals surface area contributed by atoms with Crippen molar-refractivity contribution in [3.63, 3.8) is 0 Å². The number of aromatic nitrogens is 5. The topological polar surface area (TPSA) is 65.2 Å². The third-order valence-corrected chi connectivity index (χ3v) is 3.69. The maximum absolute atomic E-state index is 13.5. The van der Waals surface area contributed by atoms with E-state index in [-0.39, 0.29) is 17.2 Å². The van der Waals surface area contributed by atoms with Gasteiger partial charge in [-0.3, -0.25) is 9.38 Å². The standard InChI is InChI=1S/C14H9BrF5N5O/c1-7(14(18,19)20)26-11-3-2-8(4-22-11)9-6-25-10(5-21-9)23-24-12(25)13(15,16)17/h2-7H,1H3. The molecule has 3 rings (SSSR count). The molecule has 1 unspecified atom stereocenters. The molecule has 1 atom stereocenters. The molecule has 138 valence electrons. The number of alkyl halides is 6. The molecule has 0 aliphatic heterocycles. The molecule has 0 fully saturated rings. The highest BCUT2D eigenvalue weighted by Gasteiger charge is 2.38. The fourth-order valence-corrected chi connectivity index (χ4v) is 2.26. The Labute approximate surface area is 151 Å². The van der Waals surface area contributed by atoms with E-state index < -0.39 is 22.9 Å². The average molecular weight is 438 g/mol. The molecule has 3 heterocycles. The first-order valence-corrected chi connectivity index (χ1v) is 7.83. The summed E-state index contributed by atoms with van der Waals surface area (Å²) in [5.41, 5.74) is 0.740. The smallest absolute Gasteiger partial charge is 0.425 e.